The highest BCUT2D eigenvalue weighted by Gasteiger charge is 2.21. The lowest BCUT2D eigenvalue weighted by molar-refractivity contribution is 0.0697. The van der Waals surface area contributed by atoms with Crippen molar-refractivity contribution in [1.29, 1.82) is 0 Å². The second-order valence-corrected chi connectivity index (χ2v) is 10.3. The average Bonchev–Trinajstić information content (AvgIpc) is 3.71. The molecule has 0 saturated carbocycles. The van der Waals surface area contributed by atoms with Crippen molar-refractivity contribution in [3.63, 3.8) is 0 Å². The Kier molecular flexibility index (Phi) is 6.89. The first-order valence-electron chi connectivity index (χ1n) is 13.8. The lowest BCUT2D eigenvalue weighted by Gasteiger charge is -2.08. The molecule has 2 N–H and O–H groups in total. The van der Waals surface area contributed by atoms with Crippen LogP contribution in [-0.2, 0) is 13.0 Å². The number of carboxylic acid groups (broad SMARTS) is 1. The Morgan fingerprint density at radius 2 is 1.68 bits per heavy atom. The number of aromatic nitrogens is 4. The SMILES string of the molecule is CCn1cc(Cc2c(-c3ccccc3C(=O)O)nc3ccccn23)c2c(C)cccc21.Cc1cccc2[nH]ccc12. The molecule has 4 aromatic heterocycles. The number of fused-ring (bicyclic) bond motifs is 3. The third kappa shape index (κ3) is 4.78. The summed E-state index contributed by atoms with van der Waals surface area (Å²) in [7, 11) is 0. The molecule has 0 aliphatic rings. The lowest BCUT2D eigenvalue weighted by atomic mass is 9.99. The van der Waals surface area contributed by atoms with Gasteiger partial charge >= 0.3 is 5.97 Å². The highest BCUT2D eigenvalue weighted by molar-refractivity contribution is 5.96. The fourth-order valence-corrected chi connectivity index (χ4v) is 5.76. The second kappa shape index (κ2) is 10.8. The van der Waals surface area contributed by atoms with E-state index in [1.807, 2.05) is 42.7 Å². The summed E-state index contributed by atoms with van der Waals surface area (Å²) < 4.78 is 4.34. The number of benzene rings is 3. The molecule has 0 saturated heterocycles. The summed E-state index contributed by atoms with van der Waals surface area (Å²) in [5.41, 5.74) is 9.65. The minimum absolute atomic E-state index is 0.263. The Morgan fingerprint density at radius 1 is 0.902 bits per heavy atom. The van der Waals surface area contributed by atoms with Crippen LogP contribution in [0, 0.1) is 13.8 Å². The van der Waals surface area contributed by atoms with Gasteiger partial charge in [0.1, 0.15) is 5.65 Å². The number of hydrogen-bond acceptors (Lipinski definition) is 2. The topological polar surface area (TPSA) is 75.3 Å². The molecule has 4 heterocycles. The van der Waals surface area contributed by atoms with Gasteiger partial charge in [0.25, 0.3) is 0 Å². The highest BCUT2D eigenvalue weighted by Crippen LogP contribution is 2.33. The zero-order valence-electron chi connectivity index (χ0n) is 23.4. The first-order valence-corrected chi connectivity index (χ1v) is 13.8. The van der Waals surface area contributed by atoms with Crippen LogP contribution in [0.4, 0.5) is 0 Å². The molecule has 7 rings (SSSR count). The van der Waals surface area contributed by atoms with Gasteiger partial charge in [0.2, 0.25) is 0 Å². The Labute approximate surface area is 238 Å². The van der Waals surface area contributed by atoms with Crippen LogP contribution >= 0.6 is 0 Å². The zero-order valence-corrected chi connectivity index (χ0v) is 23.4. The van der Waals surface area contributed by atoms with Crippen LogP contribution in [0.15, 0.2) is 104 Å². The maximum Gasteiger partial charge on any atom is 0.336 e. The molecule has 0 aliphatic heterocycles. The second-order valence-electron chi connectivity index (χ2n) is 10.3. The van der Waals surface area contributed by atoms with Crippen molar-refractivity contribution < 1.29 is 9.90 Å². The predicted molar refractivity (Wildman–Crippen MR) is 166 cm³/mol. The van der Waals surface area contributed by atoms with Gasteiger partial charge in [-0.15, -0.1) is 0 Å². The number of aromatic carboxylic acids is 1. The molecule has 3 aromatic carbocycles. The maximum atomic E-state index is 11.9. The van der Waals surface area contributed by atoms with E-state index in [9.17, 15) is 9.90 Å². The van der Waals surface area contributed by atoms with Gasteiger partial charge in [-0.3, -0.25) is 0 Å². The van der Waals surface area contributed by atoms with Crippen LogP contribution in [0.25, 0.3) is 38.7 Å². The Balaban J connectivity index is 0.000000253. The van der Waals surface area contributed by atoms with Crippen molar-refractivity contribution in [2.75, 3.05) is 0 Å². The number of imidazole rings is 1. The van der Waals surface area contributed by atoms with Gasteiger partial charge in [0.05, 0.1) is 17.0 Å². The van der Waals surface area contributed by atoms with Crippen LogP contribution in [0.3, 0.4) is 0 Å². The summed E-state index contributed by atoms with van der Waals surface area (Å²) in [5.74, 6) is -0.947. The number of hydrogen-bond donors (Lipinski definition) is 2. The van der Waals surface area contributed by atoms with Gasteiger partial charge in [-0.1, -0.05) is 48.5 Å². The molecule has 204 valence electrons. The summed E-state index contributed by atoms with van der Waals surface area (Å²) in [5, 5.41) is 12.3. The van der Waals surface area contributed by atoms with Crippen molar-refractivity contribution in [3.8, 4) is 11.3 Å². The number of nitrogens with one attached hydrogen (secondary N) is 1. The molecule has 0 atom stereocenters. The Hall–Kier alpha value is -5.10. The molecule has 41 heavy (non-hydrogen) atoms. The summed E-state index contributed by atoms with van der Waals surface area (Å²) in [6, 6.07) is 27.7. The minimum Gasteiger partial charge on any atom is -0.478 e. The minimum atomic E-state index is -0.947. The molecular formula is C35H32N4O2. The molecule has 0 fully saturated rings. The van der Waals surface area contributed by atoms with E-state index in [-0.39, 0.29) is 5.56 Å². The number of nitrogens with zero attached hydrogens (tertiary/aromatic N) is 3. The molecule has 0 amide bonds. The van der Waals surface area contributed by atoms with Crippen LogP contribution in [0.1, 0.15) is 39.7 Å². The molecule has 0 radical (unpaired) electrons. The molecule has 7 aromatic rings. The zero-order chi connectivity index (χ0) is 28.5. The predicted octanol–water partition coefficient (Wildman–Crippen LogP) is 8.05. The lowest BCUT2D eigenvalue weighted by Crippen LogP contribution is -2.02. The standard InChI is InChI=1S/C26H23N3O2.C9H9N/c1-3-28-16-18(24-17(2)9-8-12-21(24)28)15-22-25(27-23-13-6-7-14-29(22)23)19-10-4-5-11-20(19)26(30)31;1-7-3-2-4-9-8(7)5-6-10-9/h4-14,16H,3,15H2,1-2H3,(H,30,31);2-6,10H,1H3. The third-order valence-electron chi connectivity index (χ3n) is 7.75. The van der Waals surface area contributed by atoms with E-state index in [0.717, 1.165) is 23.6 Å². The summed E-state index contributed by atoms with van der Waals surface area (Å²) >= 11 is 0. The smallest absolute Gasteiger partial charge is 0.336 e. The summed E-state index contributed by atoms with van der Waals surface area (Å²) in [4.78, 5) is 19.9. The quantitative estimate of drug-likeness (QED) is 0.232. The molecule has 6 nitrogen and oxygen atoms in total. The van der Waals surface area contributed by atoms with E-state index >= 15 is 0 Å². The van der Waals surface area contributed by atoms with Crippen molar-refractivity contribution in [2.45, 2.75) is 33.7 Å². The molecule has 6 heteroatoms. The van der Waals surface area contributed by atoms with E-state index in [2.05, 4.69) is 83.4 Å². The van der Waals surface area contributed by atoms with Crippen LogP contribution in [0.5, 0.6) is 0 Å². The molecule has 0 unspecified atom stereocenters. The molecule has 0 aliphatic carbocycles. The maximum absolute atomic E-state index is 11.9. The largest absolute Gasteiger partial charge is 0.478 e. The first kappa shape index (κ1) is 26.1. The van der Waals surface area contributed by atoms with Crippen molar-refractivity contribution >= 4 is 33.4 Å². The number of carboxylic acids is 1. The van der Waals surface area contributed by atoms with Gasteiger partial charge in [0.15, 0.2) is 0 Å². The van der Waals surface area contributed by atoms with Crippen molar-refractivity contribution in [1.82, 2.24) is 18.9 Å². The van der Waals surface area contributed by atoms with Crippen molar-refractivity contribution in [2.24, 2.45) is 0 Å². The summed E-state index contributed by atoms with van der Waals surface area (Å²) in [6.07, 6.45) is 6.84. The van der Waals surface area contributed by atoms with Crippen LogP contribution < -0.4 is 0 Å². The first-order chi connectivity index (χ1) is 20.0. The fourth-order valence-electron chi connectivity index (χ4n) is 5.76. The van der Waals surface area contributed by atoms with E-state index in [1.54, 1.807) is 12.1 Å². The van der Waals surface area contributed by atoms with E-state index in [1.165, 1.54) is 38.5 Å². The molecular weight excluding hydrogens is 508 g/mol. The molecule has 0 spiro atoms. The van der Waals surface area contributed by atoms with E-state index in [4.69, 9.17) is 4.98 Å². The highest BCUT2D eigenvalue weighted by atomic mass is 16.4. The van der Waals surface area contributed by atoms with Crippen LogP contribution in [0.2, 0.25) is 0 Å². The number of rotatable bonds is 5. The van der Waals surface area contributed by atoms with Crippen molar-refractivity contribution in [3.05, 3.63) is 131 Å². The summed E-state index contributed by atoms with van der Waals surface area (Å²) in [6.45, 7) is 7.30. The Bertz CT molecular complexity index is 2030. The van der Waals surface area contributed by atoms with Gasteiger partial charge in [-0.2, -0.15) is 0 Å². The number of aryl methyl sites for hydroxylation is 3. The normalized spacial score (nSPS) is 11.2. The monoisotopic (exact) mass is 540 g/mol. The third-order valence-corrected chi connectivity index (χ3v) is 7.75. The Morgan fingerprint density at radius 3 is 2.49 bits per heavy atom. The van der Waals surface area contributed by atoms with E-state index < -0.39 is 5.97 Å². The van der Waals surface area contributed by atoms with Gasteiger partial charge < -0.3 is 19.1 Å². The van der Waals surface area contributed by atoms with Gasteiger partial charge in [0, 0.05) is 58.9 Å². The number of pyridine rings is 1. The fraction of sp³-hybridized carbons (Fsp3) is 0.143. The number of H-pyrrole nitrogens is 1. The average molecular weight is 541 g/mol. The van der Waals surface area contributed by atoms with Gasteiger partial charge in [-0.25, -0.2) is 9.78 Å². The van der Waals surface area contributed by atoms with E-state index in [0.29, 0.717) is 12.0 Å². The number of aromatic amines is 1. The van der Waals surface area contributed by atoms with Crippen LogP contribution in [-0.4, -0.2) is 30.0 Å². The van der Waals surface area contributed by atoms with Gasteiger partial charge in [-0.05, 0) is 73.9 Å². The molecule has 0 bridgehead atoms. The number of carbonyl (C=O) groups is 1.